The molecule has 0 aliphatic carbocycles. The van der Waals surface area contributed by atoms with Crippen LogP contribution in [-0.4, -0.2) is 48.4 Å². The highest BCUT2D eigenvalue weighted by Crippen LogP contribution is 2.29. The molecule has 1 saturated heterocycles. The van der Waals surface area contributed by atoms with Gasteiger partial charge < -0.3 is 31.0 Å². The Hall–Kier alpha value is -2.32. The third-order valence-electron chi connectivity index (χ3n) is 3.68. The molecule has 2 aromatic rings. The molecule has 1 aromatic heterocycles. The van der Waals surface area contributed by atoms with Crippen LogP contribution in [0, 0.1) is 0 Å². The van der Waals surface area contributed by atoms with Gasteiger partial charge in [-0.1, -0.05) is 6.07 Å². The Bertz CT molecular complexity index is 677. The molecule has 3 rings (SSSR count). The lowest BCUT2D eigenvalue weighted by Gasteiger charge is -2.28. The van der Waals surface area contributed by atoms with E-state index in [0.29, 0.717) is 24.4 Å². The first kappa shape index (κ1) is 14.6. The number of nitrogens with two attached hydrogens (primary N) is 2. The number of primary amides is 1. The van der Waals surface area contributed by atoms with Gasteiger partial charge in [-0.25, -0.2) is 9.78 Å². The minimum atomic E-state index is -0.843. The fourth-order valence-electron chi connectivity index (χ4n) is 2.76. The third kappa shape index (κ3) is 2.70. The van der Waals surface area contributed by atoms with Crippen molar-refractivity contribution in [3.8, 4) is 5.75 Å². The summed E-state index contributed by atoms with van der Waals surface area (Å²) in [6.45, 7) is 4.73. The number of nitrogens with zero attached hydrogens (tertiary/aromatic N) is 3. The molecule has 2 heterocycles. The van der Waals surface area contributed by atoms with Crippen molar-refractivity contribution in [2.45, 2.75) is 6.54 Å². The van der Waals surface area contributed by atoms with Crippen LogP contribution in [0.3, 0.4) is 0 Å². The molecule has 5 N–H and O–H groups in total. The van der Waals surface area contributed by atoms with Gasteiger partial charge in [-0.15, -0.1) is 0 Å². The van der Waals surface area contributed by atoms with Crippen LogP contribution in [0.25, 0.3) is 11.0 Å². The predicted molar refractivity (Wildman–Crippen MR) is 84.1 cm³/mol. The molecule has 1 aliphatic heterocycles. The number of ether oxygens (including phenoxy) is 1. The van der Waals surface area contributed by atoms with E-state index in [1.807, 2.05) is 12.1 Å². The molecule has 0 saturated carbocycles. The summed E-state index contributed by atoms with van der Waals surface area (Å²) in [6, 6.07) is 5.45. The van der Waals surface area contributed by atoms with Gasteiger partial charge in [0.1, 0.15) is 5.52 Å². The summed E-state index contributed by atoms with van der Waals surface area (Å²) >= 11 is 0. The Balaban J connectivity index is 2.09. The highest BCUT2D eigenvalue weighted by molar-refractivity contribution is 5.87. The Morgan fingerprint density at radius 3 is 2.82 bits per heavy atom. The normalized spacial score (nSPS) is 15.2. The minimum absolute atomic E-state index is 0.372. The van der Waals surface area contributed by atoms with Gasteiger partial charge in [0.2, 0.25) is 5.95 Å². The van der Waals surface area contributed by atoms with Gasteiger partial charge in [-0.05, 0) is 12.1 Å². The van der Waals surface area contributed by atoms with Crippen molar-refractivity contribution in [1.29, 1.82) is 0 Å². The summed E-state index contributed by atoms with van der Waals surface area (Å²) in [7, 11) is 0. The van der Waals surface area contributed by atoms with Gasteiger partial charge in [0, 0.05) is 39.3 Å². The first-order valence-corrected chi connectivity index (χ1v) is 7.33. The van der Waals surface area contributed by atoms with E-state index < -0.39 is 6.09 Å². The van der Waals surface area contributed by atoms with Crippen molar-refractivity contribution in [3.05, 3.63) is 18.2 Å². The van der Waals surface area contributed by atoms with Crippen molar-refractivity contribution in [3.63, 3.8) is 0 Å². The zero-order valence-electron chi connectivity index (χ0n) is 12.3. The molecule has 1 aromatic carbocycles. The van der Waals surface area contributed by atoms with E-state index in [9.17, 15) is 4.79 Å². The number of piperazine rings is 1. The zero-order chi connectivity index (χ0) is 15.5. The number of rotatable bonds is 4. The van der Waals surface area contributed by atoms with E-state index in [1.54, 1.807) is 6.07 Å². The summed E-state index contributed by atoms with van der Waals surface area (Å²) in [6.07, 6.45) is -0.843. The number of amides is 1. The topological polar surface area (TPSA) is 111 Å². The van der Waals surface area contributed by atoms with Gasteiger partial charge in [-0.3, -0.25) is 0 Å². The number of hydrogen-bond donors (Lipinski definition) is 3. The quantitative estimate of drug-likeness (QED) is 0.725. The summed E-state index contributed by atoms with van der Waals surface area (Å²) in [5.74, 6) is 1.22. The SMILES string of the molecule is NCCn1c(N2CCNCC2)nc2c(OC(N)=O)cccc21. The number of hydrogen-bond acceptors (Lipinski definition) is 6. The molecule has 1 amide bonds. The molecule has 118 valence electrons. The van der Waals surface area contributed by atoms with Crippen molar-refractivity contribution >= 4 is 23.1 Å². The van der Waals surface area contributed by atoms with Gasteiger partial charge >= 0.3 is 6.09 Å². The Morgan fingerprint density at radius 2 is 2.14 bits per heavy atom. The maximum absolute atomic E-state index is 11.1. The fourth-order valence-corrected chi connectivity index (χ4v) is 2.76. The van der Waals surface area contributed by atoms with Crippen LogP contribution in [0.4, 0.5) is 10.7 Å². The van der Waals surface area contributed by atoms with E-state index in [0.717, 1.165) is 37.6 Å². The molecular weight excluding hydrogens is 284 g/mol. The molecule has 0 radical (unpaired) electrons. The van der Waals surface area contributed by atoms with Gasteiger partial charge in [0.15, 0.2) is 5.75 Å². The van der Waals surface area contributed by atoms with E-state index in [4.69, 9.17) is 16.2 Å². The van der Waals surface area contributed by atoms with Crippen LogP contribution in [0.5, 0.6) is 5.75 Å². The zero-order valence-corrected chi connectivity index (χ0v) is 12.3. The van der Waals surface area contributed by atoms with E-state index in [-0.39, 0.29) is 0 Å². The average molecular weight is 304 g/mol. The minimum Gasteiger partial charge on any atom is -0.408 e. The molecule has 0 atom stereocenters. The maximum atomic E-state index is 11.1. The van der Waals surface area contributed by atoms with Crippen molar-refractivity contribution in [1.82, 2.24) is 14.9 Å². The van der Waals surface area contributed by atoms with Crippen LogP contribution in [0.2, 0.25) is 0 Å². The molecule has 8 heteroatoms. The summed E-state index contributed by atoms with van der Waals surface area (Å²) < 4.78 is 7.13. The first-order chi connectivity index (χ1) is 10.7. The fraction of sp³-hybridized carbons (Fsp3) is 0.429. The molecule has 1 aliphatic rings. The first-order valence-electron chi connectivity index (χ1n) is 7.33. The standard InChI is InChI=1S/C14H20N6O2/c15-4-7-20-10-2-1-3-11(22-13(16)21)12(10)18-14(20)19-8-5-17-6-9-19/h1-3,17H,4-9,15H2,(H2,16,21). The number of nitrogens with one attached hydrogen (secondary N) is 1. The summed E-state index contributed by atoms with van der Waals surface area (Å²) in [4.78, 5) is 17.9. The number of benzene rings is 1. The molecule has 22 heavy (non-hydrogen) atoms. The Kier molecular flexibility index (Phi) is 4.12. The highest BCUT2D eigenvalue weighted by atomic mass is 16.5. The molecule has 0 bridgehead atoms. The maximum Gasteiger partial charge on any atom is 0.410 e. The van der Waals surface area contributed by atoms with Gasteiger partial charge in [0.05, 0.1) is 5.52 Å². The van der Waals surface area contributed by atoms with E-state index in [1.165, 1.54) is 0 Å². The second-order valence-corrected chi connectivity index (χ2v) is 5.13. The molecule has 8 nitrogen and oxygen atoms in total. The number of carbonyl (C=O) groups excluding carboxylic acids is 1. The van der Waals surface area contributed by atoms with Gasteiger partial charge in [-0.2, -0.15) is 0 Å². The lowest BCUT2D eigenvalue weighted by molar-refractivity contribution is 0.211. The number of para-hydroxylation sites is 1. The number of imidazole rings is 1. The van der Waals surface area contributed by atoms with E-state index in [2.05, 4.69) is 19.8 Å². The van der Waals surface area contributed by atoms with Crippen molar-refractivity contribution in [2.24, 2.45) is 11.5 Å². The molecule has 0 unspecified atom stereocenters. The lowest BCUT2D eigenvalue weighted by atomic mass is 10.3. The van der Waals surface area contributed by atoms with Crippen molar-refractivity contribution in [2.75, 3.05) is 37.6 Å². The number of fused-ring (bicyclic) bond motifs is 1. The highest BCUT2D eigenvalue weighted by Gasteiger charge is 2.20. The predicted octanol–water partition coefficient (Wildman–Crippen LogP) is -0.138. The third-order valence-corrected chi connectivity index (χ3v) is 3.68. The largest absolute Gasteiger partial charge is 0.410 e. The Morgan fingerprint density at radius 1 is 1.36 bits per heavy atom. The summed E-state index contributed by atoms with van der Waals surface area (Å²) in [5.41, 5.74) is 12.4. The summed E-state index contributed by atoms with van der Waals surface area (Å²) in [5, 5.41) is 3.32. The number of anilines is 1. The van der Waals surface area contributed by atoms with Crippen LogP contribution in [0.15, 0.2) is 18.2 Å². The average Bonchev–Trinajstić information content (AvgIpc) is 2.88. The number of aromatic nitrogens is 2. The second-order valence-electron chi connectivity index (χ2n) is 5.13. The van der Waals surface area contributed by atoms with Crippen LogP contribution in [-0.2, 0) is 6.54 Å². The monoisotopic (exact) mass is 304 g/mol. The molecule has 0 spiro atoms. The lowest BCUT2D eigenvalue weighted by Crippen LogP contribution is -2.44. The molecular formula is C14H20N6O2. The van der Waals surface area contributed by atoms with Crippen LogP contribution >= 0.6 is 0 Å². The van der Waals surface area contributed by atoms with Crippen molar-refractivity contribution < 1.29 is 9.53 Å². The van der Waals surface area contributed by atoms with E-state index >= 15 is 0 Å². The van der Waals surface area contributed by atoms with Crippen LogP contribution in [0.1, 0.15) is 0 Å². The Labute approximate surface area is 128 Å². The molecule has 1 fully saturated rings. The number of carbonyl (C=O) groups is 1. The van der Waals surface area contributed by atoms with Gasteiger partial charge in [0.25, 0.3) is 0 Å². The smallest absolute Gasteiger partial charge is 0.408 e. The van der Waals surface area contributed by atoms with Crippen LogP contribution < -0.4 is 26.4 Å². The second kappa shape index (κ2) is 6.20.